The first-order chi connectivity index (χ1) is 9.61. The average molecular weight is 314 g/mol. The molecule has 4 N–H and O–H groups in total. The molecule has 0 aliphatic carbocycles. The van der Waals surface area contributed by atoms with Crippen molar-refractivity contribution < 1.29 is 18.3 Å². The van der Waals surface area contributed by atoms with Crippen LogP contribution in [0.4, 0.5) is 0 Å². The van der Waals surface area contributed by atoms with Gasteiger partial charge in [-0.2, -0.15) is 0 Å². The first kappa shape index (κ1) is 17.6. The molecule has 0 bridgehead atoms. The fraction of sp³-hybridized carbons (Fsp3) is 0.500. The summed E-state index contributed by atoms with van der Waals surface area (Å²) in [4.78, 5) is 11.3. The molecule has 2 atom stereocenters. The summed E-state index contributed by atoms with van der Waals surface area (Å²) in [6, 6.07) is 5.21. The average Bonchev–Trinajstić information content (AvgIpc) is 2.36. The number of nitrogens with two attached hydrogens (primary N) is 1. The minimum absolute atomic E-state index is 0.0179. The van der Waals surface area contributed by atoms with E-state index in [-0.39, 0.29) is 16.9 Å². The minimum atomic E-state index is -3.77. The van der Waals surface area contributed by atoms with Crippen molar-refractivity contribution in [1.82, 2.24) is 5.32 Å². The first-order valence-corrected chi connectivity index (χ1v) is 8.27. The number of carboxylic acids is 1. The summed E-state index contributed by atoms with van der Waals surface area (Å²) in [7, 11) is -3.77. The van der Waals surface area contributed by atoms with E-state index in [0.717, 1.165) is 0 Å². The lowest BCUT2D eigenvalue weighted by Gasteiger charge is -2.22. The van der Waals surface area contributed by atoms with Crippen molar-refractivity contribution in [2.45, 2.75) is 44.2 Å². The highest BCUT2D eigenvalue weighted by Gasteiger charge is 2.21. The highest BCUT2D eigenvalue weighted by molar-refractivity contribution is 7.89. The first-order valence-electron chi connectivity index (χ1n) is 6.73. The summed E-state index contributed by atoms with van der Waals surface area (Å²) >= 11 is 0. The Bertz CT molecular complexity index is 599. The molecule has 0 spiro atoms. The Labute approximate surface area is 125 Å². The van der Waals surface area contributed by atoms with Gasteiger partial charge in [0.2, 0.25) is 10.0 Å². The fourth-order valence-electron chi connectivity index (χ4n) is 2.07. The van der Waals surface area contributed by atoms with Crippen molar-refractivity contribution in [3.05, 3.63) is 29.8 Å². The molecule has 0 heterocycles. The molecule has 1 aromatic rings. The highest BCUT2D eigenvalue weighted by Crippen LogP contribution is 2.18. The molecule has 1 aromatic carbocycles. The van der Waals surface area contributed by atoms with Gasteiger partial charge in [0.15, 0.2) is 0 Å². The number of carboxylic acid groups (broad SMARTS) is 1. The number of rotatable bonds is 7. The van der Waals surface area contributed by atoms with Crippen LogP contribution in [-0.2, 0) is 14.8 Å². The van der Waals surface area contributed by atoms with Gasteiger partial charge in [-0.25, -0.2) is 13.6 Å². The molecule has 0 saturated carbocycles. The molecule has 0 aromatic heterocycles. The van der Waals surface area contributed by atoms with Crippen LogP contribution >= 0.6 is 0 Å². The fourth-order valence-corrected chi connectivity index (χ4v) is 2.64. The second-order valence-electron chi connectivity index (χ2n) is 5.53. The lowest BCUT2D eigenvalue weighted by atomic mass is 10.0. The Morgan fingerprint density at radius 3 is 2.43 bits per heavy atom. The van der Waals surface area contributed by atoms with Gasteiger partial charge in [0.05, 0.1) is 4.90 Å². The molecule has 0 amide bonds. The van der Waals surface area contributed by atoms with E-state index < -0.39 is 22.0 Å². The maximum Gasteiger partial charge on any atom is 0.320 e. The predicted molar refractivity (Wildman–Crippen MR) is 80.2 cm³/mol. The predicted octanol–water partition coefficient (Wildman–Crippen LogP) is 1.48. The molecular weight excluding hydrogens is 292 g/mol. The van der Waals surface area contributed by atoms with E-state index in [9.17, 15) is 18.3 Å². The maximum absolute atomic E-state index is 11.3. The van der Waals surface area contributed by atoms with Gasteiger partial charge in [0.1, 0.15) is 6.04 Å². The van der Waals surface area contributed by atoms with Gasteiger partial charge in [-0.05, 0) is 37.0 Å². The van der Waals surface area contributed by atoms with E-state index in [2.05, 4.69) is 5.32 Å². The third kappa shape index (κ3) is 5.45. The molecule has 118 valence electrons. The van der Waals surface area contributed by atoms with Crippen molar-refractivity contribution in [2.75, 3.05) is 0 Å². The number of hydrogen-bond acceptors (Lipinski definition) is 4. The zero-order valence-electron chi connectivity index (χ0n) is 12.4. The Morgan fingerprint density at radius 1 is 1.33 bits per heavy atom. The van der Waals surface area contributed by atoms with Crippen LogP contribution in [0.2, 0.25) is 0 Å². The minimum Gasteiger partial charge on any atom is -0.480 e. The number of hydrogen-bond donors (Lipinski definition) is 3. The lowest BCUT2D eigenvalue weighted by Crippen LogP contribution is -2.39. The number of carbonyl (C=O) groups is 1. The largest absolute Gasteiger partial charge is 0.480 e. The van der Waals surface area contributed by atoms with E-state index >= 15 is 0 Å². The van der Waals surface area contributed by atoms with Crippen LogP contribution in [0.1, 0.15) is 38.8 Å². The Morgan fingerprint density at radius 2 is 1.95 bits per heavy atom. The third-order valence-corrected chi connectivity index (χ3v) is 4.05. The van der Waals surface area contributed by atoms with Crippen LogP contribution in [0.3, 0.4) is 0 Å². The van der Waals surface area contributed by atoms with Gasteiger partial charge in [-0.3, -0.25) is 10.1 Å². The molecule has 2 unspecified atom stereocenters. The molecule has 7 heteroatoms. The normalized spacial score (nSPS) is 14.9. The SMILES string of the molecule is CC(C)CC(NC(C)c1cccc(S(N)(=O)=O)c1)C(=O)O. The zero-order valence-corrected chi connectivity index (χ0v) is 13.2. The number of sulfonamides is 1. The molecule has 0 fully saturated rings. The number of aliphatic carboxylic acids is 1. The smallest absolute Gasteiger partial charge is 0.320 e. The van der Waals surface area contributed by atoms with E-state index in [1.165, 1.54) is 12.1 Å². The summed E-state index contributed by atoms with van der Waals surface area (Å²) in [5, 5.41) is 17.3. The summed E-state index contributed by atoms with van der Waals surface area (Å²) < 4.78 is 22.7. The second kappa shape index (κ2) is 7.02. The Kier molecular flexibility index (Phi) is 5.88. The van der Waals surface area contributed by atoms with Crippen molar-refractivity contribution in [1.29, 1.82) is 0 Å². The Hall–Kier alpha value is -1.44. The van der Waals surface area contributed by atoms with Crippen molar-refractivity contribution in [2.24, 2.45) is 11.1 Å². The second-order valence-corrected chi connectivity index (χ2v) is 7.09. The van der Waals surface area contributed by atoms with E-state index in [0.29, 0.717) is 12.0 Å². The molecule has 1 rings (SSSR count). The van der Waals surface area contributed by atoms with E-state index in [1.807, 2.05) is 13.8 Å². The monoisotopic (exact) mass is 314 g/mol. The summed E-state index contributed by atoms with van der Waals surface area (Å²) in [5.74, 6) is -0.681. The molecule has 21 heavy (non-hydrogen) atoms. The number of benzene rings is 1. The molecule has 0 aliphatic heterocycles. The molecule has 0 aliphatic rings. The number of nitrogens with one attached hydrogen (secondary N) is 1. The van der Waals surface area contributed by atoms with Crippen molar-refractivity contribution >= 4 is 16.0 Å². The Balaban J connectivity index is 2.92. The maximum atomic E-state index is 11.3. The molecule has 0 saturated heterocycles. The van der Waals surface area contributed by atoms with Crippen LogP contribution in [0, 0.1) is 5.92 Å². The summed E-state index contributed by atoms with van der Waals surface area (Å²) in [5.41, 5.74) is 0.677. The van der Waals surface area contributed by atoms with E-state index in [4.69, 9.17) is 5.14 Å². The van der Waals surface area contributed by atoms with Crippen LogP contribution in [-0.4, -0.2) is 25.5 Å². The summed E-state index contributed by atoms with van der Waals surface area (Å²) in [6.07, 6.45) is 0.495. The standard InChI is InChI=1S/C14H22N2O4S/c1-9(2)7-13(14(17)18)16-10(3)11-5-4-6-12(8-11)21(15,19)20/h4-6,8-10,13,16H,7H2,1-3H3,(H,17,18)(H2,15,19,20). The van der Waals surface area contributed by atoms with Gasteiger partial charge < -0.3 is 5.11 Å². The van der Waals surface area contributed by atoms with Gasteiger partial charge in [-0.15, -0.1) is 0 Å². The van der Waals surface area contributed by atoms with E-state index in [1.54, 1.807) is 19.1 Å². The molecule has 6 nitrogen and oxygen atoms in total. The van der Waals surface area contributed by atoms with Crippen LogP contribution in [0.25, 0.3) is 0 Å². The van der Waals surface area contributed by atoms with Crippen molar-refractivity contribution in [3.8, 4) is 0 Å². The quantitative estimate of drug-likeness (QED) is 0.706. The molecule has 0 radical (unpaired) electrons. The van der Waals surface area contributed by atoms with Gasteiger partial charge in [-0.1, -0.05) is 26.0 Å². The van der Waals surface area contributed by atoms with Gasteiger partial charge in [0, 0.05) is 6.04 Å². The number of primary sulfonamides is 1. The third-order valence-electron chi connectivity index (χ3n) is 3.14. The summed E-state index contributed by atoms with van der Waals surface area (Å²) in [6.45, 7) is 5.69. The van der Waals surface area contributed by atoms with Crippen molar-refractivity contribution in [3.63, 3.8) is 0 Å². The molecular formula is C14H22N2O4S. The van der Waals surface area contributed by atoms with Gasteiger partial charge >= 0.3 is 5.97 Å². The van der Waals surface area contributed by atoms with Crippen LogP contribution in [0.15, 0.2) is 29.2 Å². The van der Waals surface area contributed by atoms with Gasteiger partial charge in [0.25, 0.3) is 0 Å². The van der Waals surface area contributed by atoms with Crippen LogP contribution < -0.4 is 10.5 Å². The highest BCUT2D eigenvalue weighted by atomic mass is 32.2. The topological polar surface area (TPSA) is 109 Å². The zero-order chi connectivity index (χ0) is 16.2. The van der Waals surface area contributed by atoms with Crippen LogP contribution in [0.5, 0.6) is 0 Å². The lowest BCUT2D eigenvalue weighted by molar-refractivity contribution is -0.140.